The number of rotatable bonds is 9. The number of hydrogen-bond acceptors (Lipinski definition) is 6. The van der Waals surface area contributed by atoms with Crippen LogP contribution in [0.25, 0.3) is 0 Å². The molecule has 1 aromatic carbocycles. The lowest BCUT2D eigenvalue weighted by Gasteiger charge is -2.26. The lowest BCUT2D eigenvalue weighted by molar-refractivity contribution is -0.130. The molecule has 1 atom stereocenters. The largest absolute Gasteiger partial charge is 0.503 e. The zero-order valence-corrected chi connectivity index (χ0v) is 17.9. The molecule has 4 rings (SSSR count). The van der Waals surface area contributed by atoms with E-state index in [9.17, 15) is 14.7 Å². The molecule has 0 saturated heterocycles. The molecule has 1 aliphatic rings. The summed E-state index contributed by atoms with van der Waals surface area (Å²) in [7, 11) is 0. The highest BCUT2D eigenvalue weighted by Gasteiger charge is 2.44. The summed E-state index contributed by atoms with van der Waals surface area (Å²) in [6.07, 6.45) is 3.47. The predicted octanol–water partition coefficient (Wildman–Crippen LogP) is 5.30. The number of Topliss-reactive ketones (excluding diaryl/α,β-unsaturated/α-hetero) is 1. The van der Waals surface area contributed by atoms with Crippen molar-refractivity contribution in [2.24, 2.45) is 0 Å². The minimum atomic E-state index is -0.748. The minimum Gasteiger partial charge on any atom is -0.503 e. The van der Waals surface area contributed by atoms with Crippen molar-refractivity contribution in [2.75, 3.05) is 6.61 Å². The number of carbonyl (C=O) groups is 2. The van der Waals surface area contributed by atoms with Crippen molar-refractivity contribution >= 4 is 23.0 Å². The van der Waals surface area contributed by atoms with E-state index in [4.69, 9.17) is 9.15 Å². The van der Waals surface area contributed by atoms with Gasteiger partial charge in [-0.05, 0) is 47.7 Å². The Labute approximate surface area is 184 Å². The fourth-order valence-electron chi connectivity index (χ4n) is 3.61. The lowest BCUT2D eigenvalue weighted by Crippen LogP contribution is -2.30. The van der Waals surface area contributed by atoms with Crippen LogP contribution >= 0.6 is 11.3 Å². The van der Waals surface area contributed by atoms with E-state index < -0.39 is 17.7 Å². The van der Waals surface area contributed by atoms with Crippen LogP contribution in [0, 0.1) is 0 Å². The topological polar surface area (TPSA) is 80.0 Å². The fraction of sp³-hybridized carbons (Fsp3) is 0.250. The molecule has 7 heteroatoms. The van der Waals surface area contributed by atoms with Gasteiger partial charge in [0.2, 0.25) is 5.78 Å². The Kier molecular flexibility index (Phi) is 6.23. The third-order valence-electron chi connectivity index (χ3n) is 5.14. The smallest absolute Gasteiger partial charge is 0.290 e. The van der Waals surface area contributed by atoms with Crippen LogP contribution in [0.15, 0.2) is 75.9 Å². The summed E-state index contributed by atoms with van der Waals surface area (Å²) < 4.78 is 11.2. The van der Waals surface area contributed by atoms with Gasteiger partial charge in [0.15, 0.2) is 5.76 Å². The normalized spacial score (nSPS) is 16.2. The Morgan fingerprint density at radius 2 is 2.10 bits per heavy atom. The van der Waals surface area contributed by atoms with Gasteiger partial charge >= 0.3 is 0 Å². The quantitative estimate of drug-likeness (QED) is 0.363. The summed E-state index contributed by atoms with van der Waals surface area (Å²) >= 11 is 1.27. The standard InChI is InChI=1S/C24H23NO5S/c1-2-3-11-29-17-8-4-7-16(14-17)21-20(22(26)19-10-6-13-31-19)23(27)24(28)25(21)15-18-9-5-12-30-18/h4-10,12-14,21,27H,2-3,11,15H2,1H3. The van der Waals surface area contributed by atoms with Gasteiger partial charge in [0, 0.05) is 0 Å². The number of nitrogens with zero attached hydrogens (tertiary/aromatic N) is 1. The number of carbonyl (C=O) groups excluding carboxylic acids is 2. The molecule has 1 N–H and O–H groups in total. The molecule has 2 aromatic heterocycles. The number of ether oxygens (including phenoxy) is 1. The number of aliphatic hydroxyl groups is 1. The predicted molar refractivity (Wildman–Crippen MR) is 117 cm³/mol. The van der Waals surface area contributed by atoms with Gasteiger partial charge < -0.3 is 19.2 Å². The van der Waals surface area contributed by atoms with Gasteiger partial charge in [-0.15, -0.1) is 11.3 Å². The summed E-state index contributed by atoms with van der Waals surface area (Å²) in [5.41, 5.74) is 0.766. The van der Waals surface area contributed by atoms with Gasteiger partial charge in [-0.3, -0.25) is 9.59 Å². The van der Waals surface area contributed by atoms with Gasteiger partial charge in [0.25, 0.3) is 5.91 Å². The zero-order chi connectivity index (χ0) is 21.8. The van der Waals surface area contributed by atoms with Crippen LogP contribution < -0.4 is 4.74 Å². The molecular weight excluding hydrogens is 414 g/mol. The maximum absolute atomic E-state index is 13.3. The van der Waals surface area contributed by atoms with Crippen molar-refractivity contribution in [1.29, 1.82) is 0 Å². The first-order valence-electron chi connectivity index (χ1n) is 10.2. The van der Waals surface area contributed by atoms with E-state index in [0.29, 0.717) is 28.6 Å². The van der Waals surface area contributed by atoms with Crippen molar-refractivity contribution in [1.82, 2.24) is 4.90 Å². The van der Waals surface area contributed by atoms with E-state index in [1.807, 2.05) is 24.3 Å². The van der Waals surface area contributed by atoms with Crippen molar-refractivity contribution in [3.05, 3.63) is 87.7 Å². The number of aliphatic hydroxyl groups excluding tert-OH is 1. The summed E-state index contributed by atoms with van der Waals surface area (Å²) in [6, 6.07) is 13.5. The Balaban J connectivity index is 1.74. The SMILES string of the molecule is CCCCOc1cccc(C2C(C(=O)c3cccs3)=C(O)C(=O)N2Cc2ccco2)c1. The van der Waals surface area contributed by atoms with E-state index in [1.54, 1.807) is 29.6 Å². The fourth-order valence-corrected chi connectivity index (χ4v) is 4.29. The van der Waals surface area contributed by atoms with Crippen LogP contribution in [-0.4, -0.2) is 28.3 Å². The molecule has 0 radical (unpaired) electrons. The molecule has 0 aliphatic carbocycles. The Hall–Kier alpha value is -3.32. The first-order chi connectivity index (χ1) is 15.1. The first kappa shape index (κ1) is 20.9. The number of unbranched alkanes of at least 4 members (excludes halogenated alkanes) is 1. The number of hydrogen-bond donors (Lipinski definition) is 1. The highest BCUT2D eigenvalue weighted by atomic mass is 32.1. The van der Waals surface area contributed by atoms with Gasteiger partial charge in [-0.25, -0.2) is 0 Å². The second kappa shape index (κ2) is 9.22. The molecular formula is C24H23NO5S. The van der Waals surface area contributed by atoms with Crippen LogP contribution in [0.3, 0.4) is 0 Å². The van der Waals surface area contributed by atoms with Gasteiger partial charge in [0.05, 0.1) is 35.9 Å². The molecule has 1 amide bonds. The highest BCUT2D eigenvalue weighted by molar-refractivity contribution is 7.12. The number of benzene rings is 1. The average molecular weight is 438 g/mol. The number of thiophene rings is 1. The molecule has 1 unspecified atom stereocenters. The average Bonchev–Trinajstić information content (AvgIpc) is 3.53. The maximum atomic E-state index is 13.3. The summed E-state index contributed by atoms with van der Waals surface area (Å²) in [5.74, 6) is -0.257. The molecule has 160 valence electrons. The molecule has 3 aromatic rings. The monoisotopic (exact) mass is 437 g/mol. The maximum Gasteiger partial charge on any atom is 0.290 e. The lowest BCUT2D eigenvalue weighted by atomic mass is 9.95. The van der Waals surface area contributed by atoms with Crippen molar-refractivity contribution < 1.29 is 23.8 Å². The van der Waals surface area contributed by atoms with Gasteiger partial charge in [0.1, 0.15) is 11.5 Å². The number of ketones is 1. The van der Waals surface area contributed by atoms with Crippen LogP contribution in [-0.2, 0) is 11.3 Å². The van der Waals surface area contributed by atoms with Crippen LogP contribution in [0.5, 0.6) is 5.75 Å². The molecule has 0 spiro atoms. The zero-order valence-electron chi connectivity index (χ0n) is 17.1. The molecule has 0 fully saturated rings. The van der Waals surface area contributed by atoms with Gasteiger partial charge in [-0.1, -0.05) is 31.5 Å². The van der Waals surface area contributed by atoms with Gasteiger partial charge in [-0.2, -0.15) is 0 Å². The first-order valence-corrected chi connectivity index (χ1v) is 11.1. The molecule has 1 aliphatic heterocycles. The number of amides is 1. The van der Waals surface area contributed by atoms with E-state index in [2.05, 4.69) is 6.92 Å². The second-order valence-electron chi connectivity index (χ2n) is 7.26. The highest BCUT2D eigenvalue weighted by Crippen LogP contribution is 2.41. The molecule has 0 saturated carbocycles. The third kappa shape index (κ3) is 4.27. The van der Waals surface area contributed by atoms with Crippen LogP contribution in [0.1, 0.15) is 46.8 Å². The molecule has 3 heterocycles. The second-order valence-corrected chi connectivity index (χ2v) is 8.21. The molecule has 0 bridgehead atoms. The van der Waals surface area contributed by atoms with E-state index in [1.165, 1.54) is 22.5 Å². The van der Waals surface area contributed by atoms with Crippen molar-refractivity contribution in [3.63, 3.8) is 0 Å². The summed E-state index contributed by atoms with van der Waals surface area (Å²) in [6.45, 7) is 2.80. The summed E-state index contributed by atoms with van der Waals surface area (Å²) in [5, 5.41) is 12.5. The Morgan fingerprint density at radius 1 is 1.23 bits per heavy atom. The van der Waals surface area contributed by atoms with E-state index in [-0.39, 0.29) is 17.9 Å². The van der Waals surface area contributed by atoms with Crippen molar-refractivity contribution in [3.8, 4) is 5.75 Å². The Bertz CT molecular complexity index is 1090. The molecule has 6 nitrogen and oxygen atoms in total. The Morgan fingerprint density at radius 3 is 2.81 bits per heavy atom. The number of furan rings is 1. The minimum absolute atomic E-state index is 0.0738. The van der Waals surface area contributed by atoms with E-state index >= 15 is 0 Å². The van der Waals surface area contributed by atoms with Crippen molar-refractivity contribution in [2.45, 2.75) is 32.4 Å². The van der Waals surface area contributed by atoms with E-state index in [0.717, 1.165) is 12.8 Å². The molecule has 31 heavy (non-hydrogen) atoms. The summed E-state index contributed by atoms with van der Waals surface area (Å²) in [4.78, 5) is 28.2. The third-order valence-corrected chi connectivity index (χ3v) is 6.01. The van der Waals surface area contributed by atoms with Crippen LogP contribution in [0.2, 0.25) is 0 Å². The van der Waals surface area contributed by atoms with Crippen LogP contribution in [0.4, 0.5) is 0 Å².